The molecule has 2 nitrogen and oxygen atoms in total. The van der Waals surface area contributed by atoms with E-state index >= 15 is 0 Å². The van der Waals surface area contributed by atoms with Crippen LogP contribution in [0.2, 0.25) is 0 Å². The number of benzene rings is 1. The van der Waals surface area contributed by atoms with Crippen LogP contribution in [0.4, 0.5) is 0 Å². The highest BCUT2D eigenvalue weighted by atomic mass is 16.5. The summed E-state index contributed by atoms with van der Waals surface area (Å²) in [4.78, 5) is 0. The second-order valence-corrected chi connectivity index (χ2v) is 5.09. The first kappa shape index (κ1) is 10.3. The fourth-order valence-corrected chi connectivity index (χ4v) is 2.93. The topological polar surface area (TPSA) is 21.3 Å². The van der Waals surface area contributed by atoms with Gasteiger partial charge in [-0.05, 0) is 18.4 Å². The van der Waals surface area contributed by atoms with Crippen molar-refractivity contribution in [2.45, 2.75) is 43.9 Å². The van der Waals surface area contributed by atoms with Gasteiger partial charge in [-0.25, -0.2) is 0 Å². The quantitative estimate of drug-likeness (QED) is 0.780. The third kappa shape index (κ3) is 1.87. The zero-order chi connectivity index (χ0) is 10.8. The van der Waals surface area contributed by atoms with Crippen molar-refractivity contribution in [3.05, 3.63) is 35.9 Å². The number of nitrogens with one attached hydrogen (secondary N) is 1. The second-order valence-electron chi connectivity index (χ2n) is 5.09. The van der Waals surface area contributed by atoms with Crippen LogP contribution in [0.1, 0.15) is 43.9 Å². The number of ether oxygens (including phenoxy) is 1. The molecule has 2 fully saturated rings. The second kappa shape index (κ2) is 4.19. The summed E-state index contributed by atoms with van der Waals surface area (Å²) in [7, 11) is 0. The molecule has 1 N–H and O–H groups in total. The summed E-state index contributed by atoms with van der Waals surface area (Å²) in [6, 6.07) is 10.5. The Morgan fingerprint density at radius 2 is 1.81 bits per heavy atom. The normalized spacial score (nSPS) is 28.4. The first-order valence-corrected chi connectivity index (χ1v) is 6.32. The molecule has 1 atom stereocenters. The maximum Gasteiger partial charge on any atom is 0.134 e. The largest absolute Gasteiger partial charge is 0.357 e. The van der Waals surface area contributed by atoms with Crippen molar-refractivity contribution in [2.75, 3.05) is 6.61 Å². The van der Waals surface area contributed by atoms with Gasteiger partial charge in [0.15, 0.2) is 0 Å². The minimum absolute atomic E-state index is 0.110. The molecule has 1 saturated carbocycles. The van der Waals surface area contributed by atoms with E-state index in [-0.39, 0.29) is 11.8 Å². The van der Waals surface area contributed by atoms with Crippen molar-refractivity contribution in [1.82, 2.24) is 5.32 Å². The highest BCUT2D eigenvalue weighted by Gasteiger charge is 2.40. The summed E-state index contributed by atoms with van der Waals surface area (Å²) >= 11 is 0. The lowest BCUT2D eigenvalue weighted by Gasteiger charge is -2.32. The standard InChI is InChI=1S/C14H19NO/c1-3-7-12(8-4-1)13-15-14(11-16-13)9-5-2-6-10-14/h1,3-4,7-8,13,15H,2,5-6,9-11H2. The van der Waals surface area contributed by atoms with Crippen molar-refractivity contribution in [2.24, 2.45) is 0 Å². The molecule has 1 saturated heterocycles. The van der Waals surface area contributed by atoms with Crippen molar-refractivity contribution in [3.8, 4) is 0 Å². The maximum absolute atomic E-state index is 5.92. The van der Waals surface area contributed by atoms with Gasteiger partial charge in [0.05, 0.1) is 6.61 Å². The Morgan fingerprint density at radius 1 is 1.06 bits per heavy atom. The summed E-state index contributed by atoms with van der Waals surface area (Å²) in [5, 5.41) is 3.70. The summed E-state index contributed by atoms with van der Waals surface area (Å²) in [5.41, 5.74) is 1.53. The van der Waals surface area contributed by atoms with Crippen LogP contribution >= 0.6 is 0 Å². The Bertz CT molecular complexity index is 343. The zero-order valence-electron chi connectivity index (χ0n) is 9.61. The van der Waals surface area contributed by atoms with E-state index in [1.165, 1.54) is 37.7 Å². The van der Waals surface area contributed by atoms with Crippen LogP contribution in [-0.4, -0.2) is 12.1 Å². The Kier molecular flexibility index (Phi) is 2.70. The van der Waals surface area contributed by atoms with Crippen molar-refractivity contribution in [3.63, 3.8) is 0 Å². The highest BCUT2D eigenvalue weighted by Crippen LogP contribution is 2.36. The Hall–Kier alpha value is -0.860. The van der Waals surface area contributed by atoms with Crippen LogP contribution in [0.5, 0.6) is 0 Å². The molecule has 1 unspecified atom stereocenters. The molecule has 1 aliphatic carbocycles. The molecule has 86 valence electrons. The maximum atomic E-state index is 5.92. The number of rotatable bonds is 1. The molecule has 1 aromatic rings. The van der Waals surface area contributed by atoms with Gasteiger partial charge < -0.3 is 4.74 Å². The Morgan fingerprint density at radius 3 is 2.56 bits per heavy atom. The predicted octanol–water partition coefficient (Wildman–Crippen LogP) is 3.01. The minimum Gasteiger partial charge on any atom is -0.357 e. The summed E-state index contributed by atoms with van der Waals surface area (Å²) in [6.45, 7) is 0.882. The van der Waals surface area contributed by atoms with Crippen LogP contribution < -0.4 is 5.32 Å². The summed E-state index contributed by atoms with van der Waals surface area (Å²) in [6.07, 6.45) is 6.74. The van der Waals surface area contributed by atoms with Crippen molar-refractivity contribution >= 4 is 0 Å². The average molecular weight is 217 g/mol. The molecule has 3 rings (SSSR count). The van der Waals surface area contributed by atoms with E-state index in [2.05, 4.69) is 35.6 Å². The van der Waals surface area contributed by atoms with Crippen molar-refractivity contribution < 1.29 is 4.74 Å². The van der Waals surface area contributed by atoms with Crippen molar-refractivity contribution in [1.29, 1.82) is 0 Å². The van der Waals surface area contributed by atoms with Crippen LogP contribution in [0.3, 0.4) is 0 Å². The van der Waals surface area contributed by atoms with Gasteiger partial charge in [-0.2, -0.15) is 0 Å². The van der Waals surface area contributed by atoms with Crippen LogP contribution in [0.15, 0.2) is 30.3 Å². The fourth-order valence-electron chi connectivity index (χ4n) is 2.93. The van der Waals surface area contributed by atoms with Gasteiger partial charge in [0.1, 0.15) is 6.23 Å². The molecule has 1 aromatic carbocycles. The lowest BCUT2D eigenvalue weighted by atomic mass is 9.83. The molecule has 1 spiro atoms. The van der Waals surface area contributed by atoms with E-state index in [4.69, 9.17) is 4.74 Å². The lowest BCUT2D eigenvalue weighted by Crippen LogP contribution is -2.44. The molecule has 16 heavy (non-hydrogen) atoms. The molecular weight excluding hydrogens is 198 g/mol. The van der Waals surface area contributed by atoms with Gasteiger partial charge in [0.2, 0.25) is 0 Å². The lowest BCUT2D eigenvalue weighted by molar-refractivity contribution is 0.0955. The first-order chi connectivity index (χ1) is 7.88. The summed E-state index contributed by atoms with van der Waals surface area (Å²) < 4.78 is 5.92. The van der Waals surface area contributed by atoms with E-state index in [1.807, 2.05) is 0 Å². The van der Waals surface area contributed by atoms with Gasteiger partial charge in [0, 0.05) is 5.54 Å². The molecule has 0 radical (unpaired) electrons. The monoisotopic (exact) mass is 217 g/mol. The summed E-state index contributed by atoms with van der Waals surface area (Å²) in [5.74, 6) is 0. The third-order valence-corrected chi connectivity index (χ3v) is 3.88. The number of hydrogen-bond donors (Lipinski definition) is 1. The van der Waals surface area contributed by atoms with Gasteiger partial charge in [0.25, 0.3) is 0 Å². The van der Waals surface area contributed by atoms with E-state index in [0.717, 1.165) is 6.61 Å². The van der Waals surface area contributed by atoms with Crippen LogP contribution in [0, 0.1) is 0 Å². The van der Waals surface area contributed by atoms with E-state index in [0.29, 0.717) is 0 Å². The zero-order valence-corrected chi connectivity index (χ0v) is 9.61. The molecule has 1 heterocycles. The van der Waals surface area contributed by atoms with E-state index < -0.39 is 0 Å². The third-order valence-electron chi connectivity index (χ3n) is 3.88. The smallest absolute Gasteiger partial charge is 0.134 e. The van der Waals surface area contributed by atoms with Gasteiger partial charge in [-0.3, -0.25) is 5.32 Å². The minimum atomic E-state index is 0.110. The average Bonchev–Trinajstić information content (AvgIpc) is 2.75. The van der Waals surface area contributed by atoms with Gasteiger partial charge >= 0.3 is 0 Å². The molecular formula is C14H19NO. The Balaban J connectivity index is 1.73. The van der Waals surface area contributed by atoms with Gasteiger partial charge in [-0.15, -0.1) is 0 Å². The highest BCUT2D eigenvalue weighted by molar-refractivity contribution is 5.19. The fraction of sp³-hybridized carbons (Fsp3) is 0.571. The molecule has 1 aliphatic heterocycles. The number of hydrogen-bond acceptors (Lipinski definition) is 2. The Labute approximate surface area is 97.0 Å². The molecule has 0 aromatic heterocycles. The van der Waals surface area contributed by atoms with Crippen LogP contribution in [-0.2, 0) is 4.74 Å². The van der Waals surface area contributed by atoms with E-state index in [9.17, 15) is 0 Å². The van der Waals surface area contributed by atoms with Crippen LogP contribution in [0.25, 0.3) is 0 Å². The predicted molar refractivity (Wildman–Crippen MR) is 64.1 cm³/mol. The molecule has 2 aliphatic rings. The van der Waals surface area contributed by atoms with Gasteiger partial charge in [-0.1, -0.05) is 49.6 Å². The molecule has 2 heteroatoms. The van der Waals surface area contributed by atoms with E-state index in [1.54, 1.807) is 0 Å². The molecule has 0 bridgehead atoms. The molecule has 0 amide bonds. The SMILES string of the molecule is c1ccc(C2NC3(CCCCC3)CO2)cc1. The first-order valence-electron chi connectivity index (χ1n) is 6.32.